The van der Waals surface area contributed by atoms with E-state index in [2.05, 4.69) is 4.98 Å². The van der Waals surface area contributed by atoms with Crippen LogP contribution in [0.15, 0.2) is 29.2 Å². The van der Waals surface area contributed by atoms with Gasteiger partial charge in [0, 0.05) is 32.1 Å². The minimum atomic E-state index is -0.0732. The summed E-state index contributed by atoms with van der Waals surface area (Å²) in [6.07, 6.45) is 3.73. The average molecular weight is 164 g/mol. The molecule has 3 heteroatoms. The molecule has 12 heavy (non-hydrogen) atoms. The number of aromatic amines is 1. The molecule has 0 saturated heterocycles. The summed E-state index contributed by atoms with van der Waals surface area (Å²) >= 11 is 0. The quantitative estimate of drug-likeness (QED) is 0.705. The molecule has 1 heterocycles. The molecule has 1 aromatic heterocycles. The second-order valence-corrected chi connectivity index (χ2v) is 2.75. The van der Waals surface area contributed by atoms with Crippen molar-refractivity contribution in [1.29, 1.82) is 0 Å². The highest BCUT2D eigenvalue weighted by Gasteiger charge is 1.85. The molecule has 0 atom stereocenters. The Bertz CT molecular complexity index is 325. The van der Waals surface area contributed by atoms with Gasteiger partial charge in [-0.25, -0.2) is 0 Å². The largest absolute Gasteiger partial charge is 0.383 e. The smallest absolute Gasteiger partial charge is 0.248 e. The summed E-state index contributed by atoms with van der Waals surface area (Å²) in [6.45, 7) is 0. The number of nitrogens with zero attached hydrogens (tertiary/aromatic N) is 1. The van der Waals surface area contributed by atoms with Gasteiger partial charge in [-0.3, -0.25) is 4.79 Å². The fraction of sp³-hybridized carbons (Fsp3) is 0.222. The van der Waals surface area contributed by atoms with Gasteiger partial charge in [0.1, 0.15) is 0 Å². The monoisotopic (exact) mass is 164 g/mol. The molecule has 1 N–H and O–H groups in total. The lowest BCUT2D eigenvalue weighted by atomic mass is 10.3. The SMILES string of the molecule is CN(C)C=Cc1cccc(=O)[nH]1. The molecule has 0 aliphatic heterocycles. The van der Waals surface area contributed by atoms with Crippen molar-refractivity contribution in [2.45, 2.75) is 0 Å². The molecule has 0 fully saturated rings. The topological polar surface area (TPSA) is 36.1 Å². The van der Waals surface area contributed by atoms with Crippen molar-refractivity contribution in [2.24, 2.45) is 0 Å². The van der Waals surface area contributed by atoms with Crippen LogP contribution >= 0.6 is 0 Å². The molecule has 1 rings (SSSR count). The van der Waals surface area contributed by atoms with Crippen LogP contribution in [0.4, 0.5) is 0 Å². The minimum Gasteiger partial charge on any atom is -0.383 e. The normalized spacial score (nSPS) is 10.5. The van der Waals surface area contributed by atoms with E-state index in [0.29, 0.717) is 0 Å². The van der Waals surface area contributed by atoms with Crippen molar-refractivity contribution < 1.29 is 0 Å². The summed E-state index contributed by atoms with van der Waals surface area (Å²) in [7, 11) is 3.86. The molecular formula is C9H12N2O. The predicted octanol–water partition coefficient (Wildman–Crippen LogP) is 0.907. The summed E-state index contributed by atoms with van der Waals surface area (Å²) in [4.78, 5) is 15.4. The van der Waals surface area contributed by atoms with Crippen LogP contribution in [-0.4, -0.2) is 24.0 Å². The van der Waals surface area contributed by atoms with Gasteiger partial charge in [0.05, 0.1) is 0 Å². The zero-order valence-corrected chi connectivity index (χ0v) is 7.24. The Morgan fingerprint density at radius 1 is 1.42 bits per heavy atom. The van der Waals surface area contributed by atoms with Crippen LogP contribution in [0.1, 0.15) is 5.69 Å². The lowest BCUT2D eigenvalue weighted by Gasteiger charge is -2.02. The lowest BCUT2D eigenvalue weighted by Crippen LogP contribution is -2.04. The second-order valence-electron chi connectivity index (χ2n) is 2.75. The number of hydrogen-bond donors (Lipinski definition) is 1. The summed E-state index contributed by atoms with van der Waals surface area (Å²) in [5, 5.41) is 0. The molecule has 0 aromatic carbocycles. The van der Waals surface area contributed by atoms with E-state index in [-0.39, 0.29) is 5.56 Å². The van der Waals surface area contributed by atoms with E-state index in [1.54, 1.807) is 6.07 Å². The van der Waals surface area contributed by atoms with Crippen LogP contribution in [0.2, 0.25) is 0 Å². The van der Waals surface area contributed by atoms with E-state index in [4.69, 9.17) is 0 Å². The van der Waals surface area contributed by atoms with Gasteiger partial charge in [-0.1, -0.05) is 6.07 Å². The average Bonchev–Trinajstić information content (AvgIpc) is 2.01. The van der Waals surface area contributed by atoms with E-state index >= 15 is 0 Å². The van der Waals surface area contributed by atoms with Gasteiger partial charge in [0.2, 0.25) is 5.56 Å². The van der Waals surface area contributed by atoms with Gasteiger partial charge < -0.3 is 9.88 Å². The van der Waals surface area contributed by atoms with Crippen molar-refractivity contribution in [1.82, 2.24) is 9.88 Å². The van der Waals surface area contributed by atoms with Crippen molar-refractivity contribution in [2.75, 3.05) is 14.1 Å². The van der Waals surface area contributed by atoms with Crippen LogP contribution < -0.4 is 5.56 Å². The third kappa shape index (κ3) is 2.62. The van der Waals surface area contributed by atoms with E-state index in [0.717, 1.165) is 5.69 Å². The standard InChI is InChI=1S/C9H12N2O/c1-11(2)7-6-8-4-3-5-9(12)10-8/h3-7H,1-2H3,(H,10,12). The molecule has 0 bridgehead atoms. The molecule has 0 saturated carbocycles. The van der Waals surface area contributed by atoms with Crippen LogP contribution in [-0.2, 0) is 0 Å². The number of pyridine rings is 1. The number of aromatic nitrogens is 1. The van der Waals surface area contributed by atoms with E-state index < -0.39 is 0 Å². The first-order valence-corrected chi connectivity index (χ1v) is 3.72. The number of rotatable bonds is 2. The summed E-state index contributed by atoms with van der Waals surface area (Å²) in [5.74, 6) is 0. The third-order valence-corrected chi connectivity index (χ3v) is 1.34. The Labute approximate surface area is 71.3 Å². The van der Waals surface area contributed by atoms with Crippen LogP contribution in [0.5, 0.6) is 0 Å². The molecule has 0 amide bonds. The minimum absolute atomic E-state index is 0.0732. The zero-order valence-electron chi connectivity index (χ0n) is 7.24. The van der Waals surface area contributed by atoms with E-state index in [1.165, 1.54) is 6.07 Å². The fourth-order valence-electron chi connectivity index (χ4n) is 0.791. The Morgan fingerprint density at radius 3 is 2.75 bits per heavy atom. The van der Waals surface area contributed by atoms with Gasteiger partial charge in [-0.05, 0) is 12.1 Å². The van der Waals surface area contributed by atoms with E-state index in [1.807, 2.05) is 37.3 Å². The highest BCUT2D eigenvalue weighted by atomic mass is 16.1. The molecule has 1 aromatic rings. The van der Waals surface area contributed by atoms with Crippen molar-refractivity contribution in [3.63, 3.8) is 0 Å². The van der Waals surface area contributed by atoms with Crippen LogP contribution in [0.25, 0.3) is 6.08 Å². The fourth-order valence-corrected chi connectivity index (χ4v) is 0.791. The van der Waals surface area contributed by atoms with Gasteiger partial charge >= 0.3 is 0 Å². The molecule has 0 unspecified atom stereocenters. The first-order chi connectivity index (χ1) is 5.68. The number of hydrogen-bond acceptors (Lipinski definition) is 2. The van der Waals surface area contributed by atoms with Crippen LogP contribution in [0.3, 0.4) is 0 Å². The zero-order chi connectivity index (χ0) is 8.97. The highest BCUT2D eigenvalue weighted by molar-refractivity contribution is 5.43. The number of nitrogens with one attached hydrogen (secondary N) is 1. The van der Waals surface area contributed by atoms with Gasteiger partial charge in [-0.2, -0.15) is 0 Å². The highest BCUT2D eigenvalue weighted by Crippen LogP contribution is 1.93. The molecule has 64 valence electrons. The van der Waals surface area contributed by atoms with Gasteiger partial charge in [0.15, 0.2) is 0 Å². The Morgan fingerprint density at radius 2 is 2.17 bits per heavy atom. The second kappa shape index (κ2) is 3.76. The summed E-state index contributed by atoms with van der Waals surface area (Å²) in [5.41, 5.74) is 0.743. The van der Waals surface area contributed by atoms with Crippen molar-refractivity contribution >= 4 is 6.08 Å². The van der Waals surface area contributed by atoms with Gasteiger partial charge in [-0.15, -0.1) is 0 Å². The maximum atomic E-state index is 10.8. The predicted molar refractivity (Wildman–Crippen MR) is 49.8 cm³/mol. The number of H-pyrrole nitrogens is 1. The third-order valence-electron chi connectivity index (χ3n) is 1.34. The molecular weight excluding hydrogens is 152 g/mol. The van der Waals surface area contributed by atoms with Gasteiger partial charge in [0.25, 0.3) is 0 Å². The maximum absolute atomic E-state index is 10.8. The Kier molecular flexibility index (Phi) is 2.69. The molecule has 0 radical (unpaired) electrons. The summed E-state index contributed by atoms with van der Waals surface area (Å²) in [6, 6.07) is 5.07. The first kappa shape index (κ1) is 8.59. The molecule has 3 nitrogen and oxygen atoms in total. The first-order valence-electron chi connectivity index (χ1n) is 3.72. The molecule has 0 spiro atoms. The Hall–Kier alpha value is -1.51. The Balaban J connectivity index is 2.83. The van der Waals surface area contributed by atoms with Crippen LogP contribution in [0, 0.1) is 0 Å². The summed E-state index contributed by atoms with van der Waals surface area (Å²) < 4.78 is 0. The maximum Gasteiger partial charge on any atom is 0.248 e. The lowest BCUT2D eigenvalue weighted by molar-refractivity contribution is 0.567. The molecule has 0 aliphatic rings. The van der Waals surface area contributed by atoms with E-state index in [9.17, 15) is 4.79 Å². The molecule has 0 aliphatic carbocycles. The van der Waals surface area contributed by atoms with Crippen molar-refractivity contribution in [3.8, 4) is 0 Å². The van der Waals surface area contributed by atoms with Crippen molar-refractivity contribution in [3.05, 3.63) is 40.4 Å².